The van der Waals surface area contributed by atoms with E-state index in [0.29, 0.717) is 30.6 Å². The van der Waals surface area contributed by atoms with Crippen molar-refractivity contribution < 1.29 is 4.79 Å². The number of aromatic nitrogens is 4. The average molecular weight is 378 g/mol. The van der Waals surface area contributed by atoms with Crippen LogP contribution in [0.4, 0.5) is 5.69 Å². The molecule has 0 saturated heterocycles. The third kappa shape index (κ3) is 3.91. The molecule has 0 radical (unpaired) electrons. The summed E-state index contributed by atoms with van der Waals surface area (Å²) in [6, 6.07) is 11.4. The monoisotopic (exact) mass is 378 g/mol. The van der Waals surface area contributed by atoms with E-state index in [1.165, 1.54) is 0 Å². The first-order valence-corrected chi connectivity index (χ1v) is 8.94. The number of benzene rings is 1. The molecule has 0 saturated carbocycles. The zero-order chi connectivity index (χ0) is 19.9. The van der Waals surface area contributed by atoms with Gasteiger partial charge in [0.1, 0.15) is 5.52 Å². The molecule has 4 N–H and O–H groups in total. The van der Waals surface area contributed by atoms with Crippen molar-refractivity contribution in [3.63, 3.8) is 0 Å². The van der Waals surface area contributed by atoms with Crippen LogP contribution in [0.5, 0.6) is 0 Å². The van der Waals surface area contributed by atoms with E-state index in [9.17, 15) is 9.59 Å². The van der Waals surface area contributed by atoms with Gasteiger partial charge < -0.3 is 15.6 Å². The molecule has 4 aromatic rings. The number of rotatable bonds is 5. The Morgan fingerprint density at radius 1 is 1.25 bits per heavy atom. The number of carbonyl (C=O) groups is 1. The molecule has 28 heavy (non-hydrogen) atoms. The number of pyridine rings is 2. The summed E-state index contributed by atoms with van der Waals surface area (Å²) >= 11 is 0. The Kier molecular flexibility index (Phi) is 6.13. The lowest BCUT2D eigenvalue weighted by atomic mass is 10.1. The number of nitrogens with two attached hydrogens (primary N) is 1. The van der Waals surface area contributed by atoms with Gasteiger partial charge in [0.2, 0.25) is 6.41 Å². The van der Waals surface area contributed by atoms with Crippen LogP contribution in [0.15, 0.2) is 53.6 Å². The molecule has 8 nitrogen and oxygen atoms in total. The molecule has 3 aromatic heterocycles. The number of para-hydroxylation sites is 1. The van der Waals surface area contributed by atoms with Gasteiger partial charge in [-0.25, -0.2) is 0 Å². The number of aromatic amines is 1. The standard InChI is InChI=1S/C14H16N4O.C6H6N2O/c1-9-12-13(17-16-9)10-5-2-3-6-11(10)18(14(12)19)8-4-7-15;9-5-8-6-2-1-3-7-4-6/h2-3,5-6H,4,7-8,15H2,1H3,(H,16,17);1-5H,(H,8,9). The lowest BCUT2D eigenvalue weighted by molar-refractivity contribution is -0.105. The third-order valence-electron chi connectivity index (χ3n) is 4.33. The van der Waals surface area contributed by atoms with E-state index in [1.54, 1.807) is 29.1 Å². The Hall–Kier alpha value is -3.52. The molecule has 0 bridgehead atoms. The fraction of sp³-hybridized carbons (Fsp3) is 0.200. The minimum atomic E-state index is 0.00778. The second-order valence-electron chi connectivity index (χ2n) is 6.19. The fourth-order valence-electron chi connectivity index (χ4n) is 3.03. The number of nitrogens with zero attached hydrogens (tertiary/aromatic N) is 3. The van der Waals surface area contributed by atoms with Crippen LogP contribution in [0.1, 0.15) is 12.1 Å². The van der Waals surface area contributed by atoms with Crippen LogP contribution in [0.3, 0.4) is 0 Å². The average Bonchev–Trinajstić information content (AvgIpc) is 3.12. The summed E-state index contributed by atoms with van der Waals surface area (Å²) in [5.74, 6) is 0. The van der Waals surface area contributed by atoms with Crippen LogP contribution in [0.2, 0.25) is 0 Å². The normalized spacial score (nSPS) is 10.5. The Bertz CT molecular complexity index is 1130. The molecule has 0 aliphatic carbocycles. The molecular formula is C20H22N6O2. The smallest absolute Gasteiger partial charge is 0.262 e. The van der Waals surface area contributed by atoms with Gasteiger partial charge in [-0.15, -0.1) is 0 Å². The summed E-state index contributed by atoms with van der Waals surface area (Å²) in [5.41, 5.74) is 8.76. The highest BCUT2D eigenvalue weighted by atomic mass is 16.1. The quantitative estimate of drug-likeness (QED) is 0.460. The lowest BCUT2D eigenvalue weighted by Gasteiger charge is -2.10. The van der Waals surface area contributed by atoms with Gasteiger partial charge in [0.15, 0.2) is 0 Å². The number of amides is 1. The first-order chi connectivity index (χ1) is 13.7. The van der Waals surface area contributed by atoms with Crippen LogP contribution in [-0.4, -0.2) is 32.7 Å². The third-order valence-corrected chi connectivity index (χ3v) is 4.33. The molecule has 4 rings (SSSR count). The van der Waals surface area contributed by atoms with Crippen LogP contribution in [-0.2, 0) is 11.3 Å². The highest BCUT2D eigenvalue weighted by Crippen LogP contribution is 2.22. The number of H-pyrrole nitrogens is 1. The van der Waals surface area contributed by atoms with E-state index >= 15 is 0 Å². The molecule has 1 aromatic carbocycles. The maximum absolute atomic E-state index is 12.6. The van der Waals surface area contributed by atoms with Gasteiger partial charge in [-0.1, -0.05) is 18.2 Å². The summed E-state index contributed by atoms with van der Waals surface area (Å²) in [6.45, 7) is 3.08. The Labute approximate surface area is 161 Å². The van der Waals surface area contributed by atoms with Crippen molar-refractivity contribution in [2.24, 2.45) is 5.73 Å². The molecular weight excluding hydrogens is 356 g/mol. The second-order valence-corrected chi connectivity index (χ2v) is 6.19. The summed E-state index contributed by atoms with van der Waals surface area (Å²) in [4.78, 5) is 26.2. The van der Waals surface area contributed by atoms with Crippen molar-refractivity contribution in [2.75, 3.05) is 11.9 Å². The van der Waals surface area contributed by atoms with Gasteiger partial charge in [0.05, 0.1) is 22.8 Å². The van der Waals surface area contributed by atoms with Crippen LogP contribution >= 0.6 is 0 Å². The highest BCUT2D eigenvalue weighted by molar-refractivity contribution is 6.03. The largest absolute Gasteiger partial charge is 0.330 e. The van der Waals surface area contributed by atoms with E-state index in [0.717, 1.165) is 28.5 Å². The van der Waals surface area contributed by atoms with Crippen molar-refractivity contribution in [3.8, 4) is 0 Å². The number of nitrogens with one attached hydrogen (secondary N) is 2. The molecule has 8 heteroatoms. The summed E-state index contributed by atoms with van der Waals surface area (Å²) in [5, 5.41) is 11.3. The van der Waals surface area contributed by atoms with Crippen LogP contribution < -0.4 is 16.6 Å². The van der Waals surface area contributed by atoms with E-state index in [-0.39, 0.29) is 5.56 Å². The van der Waals surface area contributed by atoms with Gasteiger partial charge in [0.25, 0.3) is 5.56 Å². The summed E-state index contributed by atoms with van der Waals surface area (Å²) < 4.78 is 1.80. The number of fused-ring (bicyclic) bond motifs is 3. The topological polar surface area (TPSA) is 119 Å². The molecule has 0 unspecified atom stereocenters. The van der Waals surface area contributed by atoms with Gasteiger partial charge >= 0.3 is 0 Å². The maximum Gasteiger partial charge on any atom is 0.262 e. The minimum absolute atomic E-state index is 0.00778. The van der Waals surface area contributed by atoms with Gasteiger partial charge in [-0.3, -0.25) is 19.7 Å². The molecule has 0 aliphatic heterocycles. The predicted molar refractivity (Wildman–Crippen MR) is 110 cm³/mol. The Morgan fingerprint density at radius 3 is 2.79 bits per heavy atom. The van der Waals surface area contributed by atoms with Crippen LogP contribution in [0, 0.1) is 6.92 Å². The van der Waals surface area contributed by atoms with Crippen molar-refractivity contribution in [3.05, 3.63) is 64.8 Å². The van der Waals surface area contributed by atoms with Crippen LogP contribution in [0.25, 0.3) is 21.8 Å². The Balaban J connectivity index is 0.000000211. The highest BCUT2D eigenvalue weighted by Gasteiger charge is 2.14. The van der Waals surface area contributed by atoms with E-state index in [1.807, 2.05) is 31.2 Å². The fourth-order valence-corrected chi connectivity index (χ4v) is 3.03. The molecule has 1 amide bonds. The minimum Gasteiger partial charge on any atom is -0.330 e. The zero-order valence-electron chi connectivity index (χ0n) is 15.6. The van der Waals surface area contributed by atoms with E-state index in [4.69, 9.17) is 5.73 Å². The molecule has 0 fully saturated rings. The van der Waals surface area contributed by atoms with Gasteiger partial charge in [-0.05, 0) is 38.1 Å². The van der Waals surface area contributed by atoms with E-state index < -0.39 is 0 Å². The lowest BCUT2D eigenvalue weighted by Crippen LogP contribution is -2.22. The number of hydrogen-bond acceptors (Lipinski definition) is 5. The molecule has 0 atom stereocenters. The maximum atomic E-state index is 12.6. The van der Waals surface area contributed by atoms with Gasteiger partial charge in [0, 0.05) is 23.8 Å². The molecule has 3 heterocycles. The molecule has 0 aliphatic rings. The number of anilines is 1. The molecule has 144 valence electrons. The van der Waals surface area contributed by atoms with Gasteiger partial charge in [-0.2, -0.15) is 5.10 Å². The van der Waals surface area contributed by atoms with Crippen molar-refractivity contribution >= 4 is 33.9 Å². The van der Waals surface area contributed by atoms with Crippen molar-refractivity contribution in [2.45, 2.75) is 19.9 Å². The molecule has 0 spiro atoms. The van der Waals surface area contributed by atoms with E-state index in [2.05, 4.69) is 20.5 Å². The first kappa shape index (κ1) is 19.2. The Morgan fingerprint density at radius 2 is 2.07 bits per heavy atom. The number of aryl methyl sites for hydroxylation is 2. The SMILES string of the molecule is Cc1[nH]nc2c1c(=O)n(CCCN)c1ccccc21.O=CNc1cccnc1. The number of carbonyl (C=O) groups excluding carboxylic acids is 1. The second kappa shape index (κ2) is 8.92. The van der Waals surface area contributed by atoms with Crippen molar-refractivity contribution in [1.29, 1.82) is 0 Å². The summed E-state index contributed by atoms with van der Waals surface area (Å²) in [7, 11) is 0. The zero-order valence-corrected chi connectivity index (χ0v) is 15.6. The predicted octanol–water partition coefficient (Wildman–Crippen LogP) is 2.18. The van der Waals surface area contributed by atoms with Crippen molar-refractivity contribution in [1.82, 2.24) is 19.7 Å². The summed E-state index contributed by atoms with van der Waals surface area (Å²) in [6.07, 6.45) is 4.63. The number of hydrogen-bond donors (Lipinski definition) is 3. The first-order valence-electron chi connectivity index (χ1n) is 8.94.